The number of hydrogen-bond acceptors (Lipinski definition) is 5. The number of benzene rings is 1. The van der Waals surface area contributed by atoms with Crippen molar-refractivity contribution < 1.29 is 4.74 Å². The van der Waals surface area contributed by atoms with Gasteiger partial charge in [-0.1, -0.05) is 12.1 Å². The topological polar surface area (TPSA) is 59.9 Å². The first-order valence-corrected chi connectivity index (χ1v) is 5.81. The van der Waals surface area contributed by atoms with Gasteiger partial charge in [-0.25, -0.2) is 4.98 Å². The Bertz CT molecular complexity index is 475. The fourth-order valence-electron chi connectivity index (χ4n) is 1.47. The molecule has 0 aliphatic rings. The van der Waals surface area contributed by atoms with Gasteiger partial charge in [0.15, 0.2) is 0 Å². The normalized spacial score (nSPS) is 10.6. The summed E-state index contributed by atoms with van der Waals surface area (Å²) in [4.78, 5) is 4.37. The van der Waals surface area contributed by atoms with Crippen LogP contribution >= 0.6 is 0 Å². The smallest absolute Gasteiger partial charge is 0.243 e. The van der Waals surface area contributed by atoms with Gasteiger partial charge < -0.3 is 10.1 Å². The third-order valence-electron chi connectivity index (χ3n) is 2.31. The molecule has 2 aromatic rings. The van der Waals surface area contributed by atoms with E-state index < -0.39 is 0 Å². The highest BCUT2D eigenvalue weighted by Crippen LogP contribution is 2.08. The molecule has 0 aliphatic carbocycles. The molecule has 2 rings (SSSR count). The quantitative estimate of drug-likeness (QED) is 0.770. The van der Waals surface area contributed by atoms with E-state index in [2.05, 4.69) is 20.5 Å². The zero-order valence-electron chi connectivity index (χ0n) is 9.89. The fraction of sp³-hybridized carbons (Fsp3) is 0.417. The average Bonchev–Trinajstić information content (AvgIpc) is 2.38. The molecular formula is C12H16N4O. The number of hydrogen-bond donors (Lipinski definition) is 1. The lowest BCUT2D eigenvalue weighted by Gasteiger charge is -2.04. The minimum absolute atomic E-state index is 0.570. The summed E-state index contributed by atoms with van der Waals surface area (Å²) in [7, 11) is 0. The van der Waals surface area contributed by atoms with E-state index in [9.17, 15) is 0 Å². The van der Waals surface area contributed by atoms with Crippen LogP contribution in [0.4, 0.5) is 5.95 Å². The van der Waals surface area contributed by atoms with Crippen molar-refractivity contribution >= 4 is 17.0 Å². The first-order chi connectivity index (χ1) is 8.40. The van der Waals surface area contributed by atoms with E-state index in [0.29, 0.717) is 5.95 Å². The maximum absolute atomic E-state index is 5.25. The molecule has 0 bridgehead atoms. The van der Waals surface area contributed by atoms with Crippen LogP contribution in [0.15, 0.2) is 24.3 Å². The fourth-order valence-corrected chi connectivity index (χ4v) is 1.47. The van der Waals surface area contributed by atoms with Crippen molar-refractivity contribution in [1.82, 2.24) is 15.2 Å². The van der Waals surface area contributed by atoms with Crippen molar-refractivity contribution in [3.8, 4) is 0 Å². The molecule has 1 aromatic carbocycles. The number of nitrogens with one attached hydrogen (secondary N) is 1. The number of nitrogens with zero attached hydrogens (tertiary/aromatic N) is 3. The van der Waals surface area contributed by atoms with Gasteiger partial charge in [-0.3, -0.25) is 0 Å². The molecule has 1 aromatic heterocycles. The lowest BCUT2D eigenvalue weighted by Crippen LogP contribution is -2.09. The van der Waals surface area contributed by atoms with Crippen LogP contribution in [0.3, 0.4) is 0 Å². The molecule has 0 amide bonds. The highest BCUT2D eigenvalue weighted by atomic mass is 16.5. The van der Waals surface area contributed by atoms with Gasteiger partial charge in [0, 0.05) is 19.8 Å². The molecule has 0 fully saturated rings. The van der Waals surface area contributed by atoms with Crippen molar-refractivity contribution in [2.75, 3.05) is 25.1 Å². The molecule has 0 spiro atoms. The number of rotatable bonds is 6. The molecule has 1 N–H and O–H groups in total. The Morgan fingerprint density at radius 1 is 1.18 bits per heavy atom. The van der Waals surface area contributed by atoms with Crippen LogP contribution in [0.5, 0.6) is 0 Å². The molecule has 0 unspecified atom stereocenters. The molecule has 0 radical (unpaired) electrons. The summed E-state index contributed by atoms with van der Waals surface area (Å²) in [6, 6.07) is 7.69. The van der Waals surface area contributed by atoms with Crippen molar-refractivity contribution in [3.05, 3.63) is 24.3 Å². The van der Waals surface area contributed by atoms with Crippen molar-refractivity contribution in [1.29, 1.82) is 0 Å². The maximum atomic E-state index is 5.25. The van der Waals surface area contributed by atoms with Crippen molar-refractivity contribution in [2.24, 2.45) is 0 Å². The summed E-state index contributed by atoms with van der Waals surface area (Å²) in [6.45, 7) is 4.29. The summed E-state index contributed by atoms with van der Waals surface area (Å²) in [5.41, 5.74) is 1.67. The summed E-state index contributed by atoms with van der Waals surface area (Å²) >= 11 is 0. The number of aromatic nitrogens is 3. The molecule has 17 heavy (non-hydrogen) atoms. The molecule has 90 valence electrons. The Morgan fingerprint density at radius 2 is 2.00 bits per heavy atom. The summed E-state index contributed by atoms with van der Waals surface area (Å²) in [5, 5.41) is 11.2. The van der Waals surface area contributed by atoms with Gasteiger partial charge >= 0.3 is 0 Å². The second-order valence-electron chi connectivity index (χ2n) is 3.60. The zero-order valence-corrected chi connectivity index (χ0v) is 9.89. The average molecular weight is 232 g/mol. The van der Waals surface area contributed by atoms with Gasteiger partial charge in [-0.2, -0.15) is 0 Å². The van der Waals surface area contributed by atoms with Gasteiger partial charge in [0.25, 0.3) is 0 Å². The Labute approximate surface area is 100 Å². The van der Waals surface area contributed by atoms with Gasteiger partial charge in [0.2, 0.25) is 5.95 Å². The SMILES string of the molecule is CCOCCCNc1nnc2ccccc2n1. The summed E-state index contributed by atoms with van der Waals surface area (Å²) in [6.07, 6.45) is 0.935. The Kier molecular flexibility index (Phi) is 4.21. The van der Waals surface area contributed by atoms with Gasteiger partial charge in [0.05, 0.1) is 5.52 Å². The molecule has 1 heterocycles. The molecule has 0 atom stereocenters. The van der Waals surface area contributed by atoms with E-state index in [1.165, 1.54) is 0 Å². The maximum Gasteiger partial charge on any atom is 0.243 e. The third-order valence-corrected chi connectivity index (χ3v) is 2.31. The van der Waals surface area contributed by atoms with Crippen molar-refractivity contribution in [3.63, 3.8) is 0 Å². The van der Waals surface area contributed by atoms with E-state index in [-0.39, 0.29) is 0 Å². The highest BCUT2D eigenvalue weighted by Gasteiger charge is 1.99. The Hall–Kier alpha value is -1.75. The Morgan fingerprint density at radius 3 is 2.82 bits per heavy atom. The van der Waals surface area contributed by atoms with Crippen LogP contribution in [-0.4, -0.2) is 34.9 Å². The number of anilines is 1. The lowest BCUT2D eigenvalue weighted by molar-refractivity contribution is 0.147. The van der Waals surface area contributed by atoms with Crippen LogP contribution in [0.1, 0.15) is 13.3 Å². The van der Waals surface area contributed by atoms with Crippen LogP contribution in [0, 0.1) is 0 Å². The van der Waals surface area contributed by atoms with Gasteiger partial charge in [-0.15, -0.1) is 10.2 Å². The number of fused-ring (bicyclic) bond motifs is 1. The predicted octanol–water partition coefficient (Wildman–Crippen LogP) is 1.86. The van der Waals surface area contributed by atoms with Crippen LogP contribution < -0.4 is 5.32 Å². The minimum Gasteiger partial charge on any atom is -0.382 e. The van der Waals surface area contributed by atoms with Crippen LogP contribution in [0.2, 0.25) is 0 Å². The van der Waals surface area contributed by atoms with Crippen LogP contribution in [-0.2, 0) is 4.74 Å². The number of para-hydroxylation sites is 1. The zero-order chi connectivity index (χ0) is 11.9. The van der Waals surface area contributed by atoms with E-state index in [0.717, 1.165) is 37.2 Å². The molecule has 0 aliphatic heterocycles. The number of ether oxygens (including phenoxy) is 1. The van der Waals surface area contributed by atoms with Crippen molar-refractivity contribution in [2.45, 2.75) is 13.3 Å². The second kappa shape index (κ2) is 6.10. The summed E-state index contributed by atoms with van der Waals surface area (Å²) < 4.78 is 5.25. The summed E-state index contributed by atoms with van der Waals surface area (Å²) in [5.74, 6) is 0.570. The van der Waals surface area contributed by atoms with Gasteiger partial charge in [0.1, 0.15) is 5.52 Å². The Balaban J connectivity index is 1.90. The third kappa shape index (κ3) is 3.35. The second-order valence-corrected chi connectivity index (χ2v) is 3.60. The molecule has 5 nitrogen and oxygen atoms in total. The van der Waals surface area contributed by atoms with Crippen LogP contribution in [0.25, 0.3) is 11.0 Å². The van der Waals surface area contributed by atoms with E-state index in [4.69, 9.17) is 4.74 Å². The lowest BCUT2D eigenvalue weighted by atomic mass is 10.3. The molecule has 0 saturated carbocycles. The van der Waals surface area contributed by atoms with E-state index in [1.54, 1.807) is 0 Å². The molecular weight excluding hydrogens is 216 g/mol. The first-order valence-electron chi connectivity index (χ1n) is 5.81. The monoisotopic (exact) mass is 232 g/mol. The predicted molar refractivity (Wildman–Crippen MR) is 66.9 cm³/mol. The largest absolute Gasteiger partial charge is 0.382 e. The van der Waals surface area contributed by atoms with E-state index >= 15 is 0 Å². The highest BCUT2D eigenvalue weighted by molar-refractivity contribution is 5.73. The first kappa shape index (κ1) is 11.7. The molecule has 0 saturated heterocycles. The minimum atomic E-state index is 0.570. The van der Waals surface area contributed by atoms with Gasteiger partial charge in [-0.05, 0) is 25.5 Å². The standard InChI is InChI=1S/C12H16N4O/c1-2-17-9-5-8-13-12-14-10-6-3-4-7-11(10)15-16-12/h3-4,6-7H,2,5,8-9H2,1H3,(H,13,14,16). The van der Waals surface area contributed by atoms with E-state index in [1.807, 2.05) is 31.2 Å². The molecule has 5 heteroatoms.